The predicted molar refractivity (Wildman–Crippen MR) is 91.9 cm³/mol. The molecule has 0 aliphatic rings. The van der Waals surface area contributed by atoms with E-state index >= 15 is 0 Å². The SMILES string of the molecule is Cc1ccc(-c2cccc(F)c2)cc1CNc1c(F)ccc(O)c1F. The summed E-state index contributed by atoms with van der Waals surface area (Å²) in [7, 11) is 0. The normalized spacial score (nSPS) is 10.7. The Morgan fingerprint density at radius 2 is 1.68 bits per heavy atom. The van der Waals surface area contributed by atoms with Gasteiger partial charge in [-0.3, -0.25) is 0 Å². The van der Waals surface area contributed by atoms with Crippen LogP contribution in [0.25, 0.3) is 11.1 Å². The van der Waals surface area contributed by atoms with E-state index in [0.29, 0.717) is 0 Å². The molecule has 0 bridgehead atoms. The monoisotopic (exact) mass is 343 g/mol. The summed E-state index contributed by atoms with van der Waals surface area (Å²) in [5, 5.41) is 12.1. The maximum absolute atomic E-state index is 13.9. The van der Waals surface area contributed by atoms with Gasteiger partial charge < -0.3 is 10.4 Å². The van der Waals surface area contributed by atoms with Gasteiger partial charge in [-0.25, -0.2) is 13.2 Å². The van der Waals surface area contributed by atoms with Crippen LogP contribution in [0, 0.1) is 24.4 Å². The van der Waals surface area contributed by atoms with Crippen molar-refractivity contribution >= 4 is 5.69 Å². The van der Waals surface area contributed by atoms with Gasteiger partial charge in [-0.05, 0) is 59.5 Å². The van der Waals surface area contributed by atoms with Crippen molar-refractivity contribution in [1.29, 1.82) is 0 Å². The van der Waals surface area contributed by atoms with E-state index in [2.05, 4.69) is 5.32 Å². The lowest BCUT2D eigenvalue weighted by Crippen LogP contribution is -2.05. The maximum atomic E-state index is 13.9. The second-order valence-corrected chi connectivity index (χ2v) is 5.76. The second-order valence-electron chi connectivity index (χ2n) is 5.76. The third-order valence-corrected chi connectivity index (χ3v) is 4.03. The van der Waals surface area contributed by atoms with Crippen molar-refractivity contribution in [3.05, 3.63) is 83.2 Å². The van der Waals surface area contributed by atoms with Crippen LogP contribution in [0.2, 0.25) is 0 Å². The number of hydrogen-bond acceptors (Lipinski definition) is 2. The highest BCUT2D eigenvalue weighted by Gasteiger charge is 2.13. The van der Waals surface area contributed by atoms with Crippen molar-refractivity contribution in [3.8, 4) is 16.9 Å². The van der Waals surface area contributed by atoms with Crippen molar-refractivity contribution in [3.63, 3.8) is 0 Å². The first kappa shape index (κ1) is 16.9. The fraction of sp³-hybridized carbons (Fsp3) is 0.100. The summed E-state index contributed by atoms with van der Waals surface area (Å²) in [6.07, 6.45) is 0. The number of rotatable bonds is 4. The van der Waals surface area contributed by atoms with E-state index in [1.807, 2.05) is 25.1 Å². The van der Waals surface area contributed by atoms with Crippen molar-refractivity contribution in [2.45, 2.75) is 13.5 Å². The van der Waals surface area contributed by atoms with E-state index in [1.54, 1.807) is 12.1 Å². The van der Waals surface area contributed by atoms with Crippen molar-refractivity contribution in [2.75, 3.05) is 5.32 Å². The van der Waals surface area contributed by atoms with E-state index in [1.165, 1.54) is 12.1 Å². The number of halogens is 3. The summed E-state index contributed by atoms with van der Waals surface area (Å²) >= 11 is 0. The second kappa shape index (κ2) is 6.89. The van der Waals surface area contributed by atoms with Crippen LogP contribution in [0.1, 0.15) is 11.1 Å². The molecular formula is C20H16F3NO. The molecule has 3 rings (SSSR count). The molecule has 3 aromatic carbocycles. The Hall–Kier alpha value is -2.95. The Kier molecular flexibility index (Phi) is 4.65. The molecule has 0 aromatic heterocycles. The molecule has 0 radical (unpaired) electrons. The summed E-state index contributed by atoms with van der Waals surface area (Å²) in [4.78, 5) is 0. The lowest BCUT2D eigenvalue weighted by molar-refractivity contribution is 0.429. The van der Waals surface area contributed by atoms with Crippen LogP contribution < -0.4 is 5.32 Å². The average molecular weight is 343 g/mol. The molecule has 2 N–H and O–H groups in total. The van der Waals surface area contributed by atoms with Gasteiger partial charge in [0, 0.05) is 6.54 Å². The van der Waals surface area contributed by atoms with Gasteiger partial charge in [0.05, 0.1) is 0 Å². The van der Waals surface area contributed by atoms with Crippen molar-refractivity contribution < 1.29 is 18.3 Å². The lowest BCUT2D eigenvalue weighted by atomic mass is 9.99. The minimum absolute atomic E-state index is 0.159. The fourth-order valence-corrected chi connectivity index (χ4v) is 2.60. The number of aromatic hydroxyl groups is 1. The van der Waals surface area contributed by atoms with Crippen LogP contribution in [0.4, 0.5) is 18.9 Å². The van der Waals surface area contributed by atoms with Gasteiger partial charge in [0.25, 0.3) is 0 Å². The number of hydrogen-bond donors (Lipinski definition) is 2. The minimum Gasteiger partial charge on any atom is -0.505 e. The number of aryl methyl sites for hydroxylation is 1. The summed E-state index contributed by atoms with van der Waals surface area (Å²) in [5.74, 6) is -2.76. The molecule has 0 saturated carbocycles. The number of anilines is 1. The van der Waals surface area contributed by atoms with Gasteiger partial charge in [-0.1, -0.05) is 24.3 Å². The van der Waals surface area contributed by atoms with E-state index in [4.69, 9.17) is 0 Å². The van der Waals surface area contributed by atoms with Crippen LogP contribution in [-0.4, -0.2) is 5.11 Å². The molecule has 25 heavy (non-hydrogen) atoms. The fourth-order valence-electron chi connectivity index (χ4n) is 2.60. The Balaban J connectivity index is 1.89. The average Bonchev–Trinajstić information content (AvgIpc) is 2.60. The highest BCUT2D eigenvalue weighted by atomic mass is 19.1. The topological polar surface area (TPSA) is 32.3 Å². The van der Waals surface area contributed by atoms with E-state index in [9.17, 15) is 18.3 Å². The Morgan fingerprint density at radius 1 is 0.920 bits per heavy atom. The minimum atomic E-state index is -1.03. The highest BCUT2D eigenvalue weighted by Crippen LogP contribution is 2.28. The molecular weight excluding hydrogens is 327 g/mol. The van der Waals surface area contributed by atoms with Gasteiger partial charge in [-0.15, -0.1) is 0 Å². The van der Waals surface area contributed by atoms with Gasteiger partial charge >= 0.3 is 0 Å². The molecule has 3 aromatic rings. The summed E-state index contributed by atoms with van der Waals surface area (Å²) in [5.41, 5.74) is 2.88. The molecule has 2 nitrogen and oxygen atoms in total. The number of nitrogens with one attached hydrogen (secondary N) is 1. The van der Waals surface area contributed by atoms with Gasteiger partial charge in [0.1, 0.15) is 17.3 Å². The maximum Gasteiger partial charge on any atom is 0.190 e. The van der Waals surface area contributed by atoms with Crippen LogP contribution >= 0.6 is 0 Å². The molecule has 0 spiro atoms. The van der Waals surface area contributed by atoms with Crippen LogP contribution in [0.15, 0.2) is 54.6 Å². The molecule has 128 valence electrons. The lowest BCUT2D eigenvalue weighted by Gasteiger charge is -2.13. The molecule has 0 atom stereocenters. The Morgan fingerprint density at radius 3 is 2.44 bits per heavy atom. The van der Waals surface area contributed by atoms with Crippen molar-refractivity contribution in [1.82, 2.24) is 0 Å². The van der Waals surface area contributed by atoms with Gasteiger partial charge in [0.15, 0.2) is 11.6 Å². The smallest absolute Gasteiger partial charge is 0.190 e. The quantitative estimate of drug-likeness (QED) is 0.665. The third kappa shape index (κ3) is 3.60. The number of benzene rings is 3. The first-order valence-corrected chi connectivity index (χ1v) is 7.72. The predicted octanol–water partition coefficient (Wildman–Crippen LogP) is 5.40. The van der Waals surface area contributed by atoms with E-state index in [0.717, 1.165) is 34.4 Å². The molecule has 0 fully saturated rings. The zero-order valence-corrected chi connectivity index (χ0v) is 13.5. The van der Waals surface area contributed by atoms with Crippen LogP contribution in [0.5, 0.6) is 5.75 Å². The summed E-state index contributed by atoms with van der Waals surface area (Å²) in [6, 6.07) is 13.7. The standard InChI is InChI=1S/C20H16F3NO/c1-12-5-6-14(13-3-2-4-16(21)10-13)9-15(12)11-24-20-17(22)7-8-18(25)19(20)23/h2-10,24-25H,11H2,1H3. The van der Waals surface area contributed by atoms with Gasteiger partial charge in [-0.2, -0.15) is 0 Å². The molecule has 0 heterocycles. The zero-order chi connectivity index (χ0) is 18.0. The first-order chi connectivity index (χ1) is 12.0. The Bertz CT molecular complexity index is 925. The zero-order valence-electron chi connectivity index (χ0n) is 13.5. The van der Waals surface area contributed by atoms with E-state index < -0.39 is 17.4 Å². The Labute approximate surface area is 143 Å². The van der Waals surface area contributed by atoms with E-state index in [-0.39, 0.29) is 18.0 Å². The molecule has 0 aliphatic carbocycles. The largest absolute Gasteiger partial charge is 0.505 e. The first-order valence-electron chi connectivity index (χ1n) is 7.72. The molecule has 5 heteroatoms. The number of phenols is 1. The third-order valence-electron chi connectivity index (χ3n) is 4.03. The molecule has 0 unspecified atom stereocenters. The molecule has 0 amide bonds. The molecule has 0 saturated heterocycles. The van der Waals surface area contributed by atoms with Crippen LogP contribution in [0.3, 0.4) is 0 Å². The van der Waals surface area contributed by atoms with Crippen molar-refractivity contribution in [2.24, 2.45) is 0 Å². The highest BCUT2D eigenvalue weighted by molar-refractivity contribution is 5.65. The van der Waals surface area contributed by atoms with Gasteiger partial charge in [0.2, 0.25) is 0 Å². The summed E-state index contributed by atoms with van der Waals surface area (Å²) < 4.78 is 41.0. The number of phenolic OH excluding ortho intramolecular Hbond substituents is 1. The van der Waals surface area contributed by atoms with Crippen LogP contribution in [-0.2, 0) is 6.54 Å². The summed E-state index contributed by atoms with van der Waals surface area (Å²) in [6.45, 7) is 2.04. The molecule has 0 aliphatic heterocycles.